The van der Waals surface area contributed by atoms with Gasteiger partial charge in [0.15, 0.2) is 0 Å². The van der Waals surface area contributed by atoms with E-state index >= 15 is 4.39 Å². The fourth-order valence-electron chi connectivity index (χ4n) is 5.14. The minimum atomic E-state index is -2.02. The molecule has 1 aliphatic rings. The summed E-state index contributed by atoms with van der Waals surface area (Å²) in [7, 11) is 0. The molecule has 4 aromatic rings. The molecule has 0 saturated carbocycles. The van der Waals surface area contributed by atoms with Gasteiger partial charge in [0.05, 0.1) is 11.7 Å². The maximum atomic E-state index is 15.2. The van der Waals surface area contributed by atoms with Crippen LogP contribution in [0.15, 0.2) is 61.4 Å². The Balaban J connectivity index is 0.00000461. The summed E-state index contributed by atoms with van der Waals surface area (Å²) in [6, 6.07) is 8.61. The molecule has 16 heteroatoms. The van der Waals surface area contributed by atoms with Gasteiger partial charge in [-0.15, -0.1) is 9.78 Å². The molecule has 240 valence electrons. The first kappa shape index (κ1) is 33.8. The number of halogens is 3. The van der Waals surface area contributed by atoms with E-state index in [0.717, 1.165) is 6.07 Å². The summed E-state index contributed by atoms with van der Waals surface area (Å²) in [5, 5.41) is 27.5. The molecule has 0 unspecified atom stereocenters. The number of carbonyl (C=O) groups excluding carboxylic acids is 2. The number of urea groups is 1. The fourth-order valence-corrected chi connectivity index (χ4v) is 5.14. The van der Waals surface area contributed by atoms with Crippen molar-refractivity contribution in [3.8, 4) is 5.69 Å². The number of esters is 1. The van der Waals surface area contributed by atoms with Crippen molar-refractivity contribution in [1.82, 2.24) is 34.9 Å². The Bertz CT molecular complexity index is 1600. The van der Waals surface area contributed by atoms with Gasteiger partial charge in [-0.2, -0.15) is 0 Å². The van der Waals surface area contributed by atoms with Crippen LogP contribution in [0.5, 0.6) is 0 Å². The molecule has 2 aromatic carbocycles. The second kappa shape index (κ2) is 14.4. The van der Waals surface area contributed by atoms with E-state index in [-0.39, 0.29) is 61.8 Å². The van der Waals surface area contributed by atoms with E-state index in [2.05, 4.69) is 20.6 Å². The van der Waals surface area contributed by atoms with Crippen molar-refractivity contribution in [3.05, 3.63) is 78.6 Å². The topological polar surface area (TPSA) is 135 Å². The van der Waals surface area contributed by atoms with Crippen LogP contribution in [0.25, 0.3) is 5.69 Å². The smallest absolute Gasteiger partial charge is 0.324 e. The van der Waals surface area contributed by atoms with E-state index in [1.165, 1.54) is 43.9 Å². The zero-order valence-corrected chi connectivity index (χ0v) is 27.2. The zero-order valence-electron chi connectivity index (χ0n) is 25.0. The number of nitrogens with zero attached hydrogens (tertiary/aromatic N) is 9. The number of ether oxygens (including phenoxy) is 1. The summed E-state index contributed by atoms with van der Waals surface area (Å²) in [5.41, 5.74) is -0.885. The maximum Gasteiger partial charge on any atom is 0.324 e. The highest BCUT2D eigenvalue weighted by atomic mass is 127. The summed E-state index contributed by atoms with van der Waals surface area (Å²) in [6.07, 6.45) is 5.35. The van der Waals surface area contributed by atoms with Crippen molar-refractivity contribution >= 4 is 17.7 Å². The van der Waals surface area contributed by atoms with Gasteiger partial charge in [-0.3, -0.25) is 9.69 Å². The normalized spacial score (nSPS) is 15.2. The van der Waals surface area contributed by atoms with Crippen molar-refractivity contribution in [2.24, 2.45) is 5.92 Å². The minimum Gasteiger partial charge on any atom is -1.00 e. The van der Waals surface area contributed by atoms with Crippen LogP contribution in [-0.2, 0) is 28.4 Å². The molecule has 2 aromatic heterocycles. The third kappa shape index (κ3) is 7.61. The predicted molar refractivity (Wildman–Crippen MR) is 151 cm³/mol. The summed E-state index contributed by atoms with van der Waals surface area (Å²) in [5.74, 6) is -1.74. The van der Waals surface area contributed by atoms with Crippen LogP contribution < -0.4 is 33.4 Å². The summed E-state index contributed by atoms with van der Waals surface area (Å²) < 4.78 is 38.7. The highest BCUT2D eigenvalue weighted by Crippen LogP contribution is 2.35. The lowest BCUT2D eigenvalue weighted by atomic mass is 9.85. The molecule has 2 amide bonds. The number of tetrazole rings is 1. The average Bonchev–Trinajstić information content (AvgIpc) is 3.76. The van der Waals surface area contributed by atoms with Crippen molar-refractivity contribution in [2.75, 3.05) is 18.0 Å². The average molecular weight is 738 g/mol. The van der Waals surface area contributed by atoms with Crippen LogP contribution in [0.1, 0.15) is 39.2 Å². The second-order valence-corrected chi connectivity index (χ2v) is 11.2. The van der Waals surface area contributed by atoms with Gasteiger partial charge in [-0.05, 0) is 60.0 Å². The summed E-state index contributed by atoms with van der Waals surface area (Å²) in [6.45, 7) is 5.82. The molecule has 5 rings (SSSR count). The monoisotopic (exact) mass is 737 g/mol. The molecule has 0 aliphatic carbocycles. The third-order valence-electron chi connectivity index (χ3n) is 7.71. The van der Waals surface area contributed by atoms with Gasteiger partial charge < -0.3 is 38.7 Å². The van der Waals surface area contributed by atoms with Crippen molar-refractivity contribution < 1.29 is 56.8 Å². The number of carbonyl (C=O) groups is 2. The molecule has 1 N–H and O–H groups in total. The molecule has 45 heavy (non-hydrogen) atoms. The number of hydrogen-bond donors (Lipinski definition) is 1. The molecule has 0 radical (unpaired) electrons. The lowest BCUT2D eigenvalue weighted by Crippen LogP contribution is -3.00. The Morgan fingerprint density at radius 2 is 1.84 bits per heavy atom. The first-order chi connectivity index (χ1) is 21.0. The molecular formula is C29H34F2IN9O4. The first-order valence-electron chi connectivity index (χ1n) is 14.2. The lowest BCUT2D eigenvalue weighted by Gasteiger charge is -2.38. The Labute approximate surface area is 275 Å². The van der Waals surface area contributed by atoms with Gasteiger partial charge in [0, 0.05) is 41.9 Å². The number of aromatic nitrogens is 7. The van der Waals surface area contributed by atoms with Gasteiger partial charge in [0.25, 0.3) is 6.33 Å². The van der Waals surface area contributed by atoms with E-state index in [0.29, 0.717) is 36.3 Å². The molecule has 2 atom stereocenters. The highest BCUT2D eigenvalue weighted by molar-refractivity contribution is 5.94. The van der Waals surface area contributed by atoms with E-state index in [1.54, 1.807) is 36.1 Å². The summed E-state index contributed by atoms with van der Waals surface area (Å²) >= 11 is 0. The SMILES string of the molecule is CC(C)CCC(=O)OC[n+]1cnn(C[C@](O)(c2ccc(F)cc2F)[C@@H](C)N2CCN(c3ccc(-n4cnnn4)cc3)C2=O)c1.[I-]. The number of anilines is 1. The van der Waals surface area contributed by atoms with Gasteiger partial charge in [-0.1, -0.05) is 19.9 Å². The Morgan fingerprint density at radius 3 is 2.51 bits per heavy atom. The van der Waals surface area contributed by atoms with Crippen LogP contribution in [-0.4, -0.2) is 71.1 Å². The third-order valence-corrected chi connectivity index (χ3v) is 7.71. The summed E-state index contributed by atoms with van der Waals surface area (Å²) in [4.78, 5) is 28.7. The second-order valence-electron chi connectivity index (χ2n) is 11.2. The molecule has 0 bridgehead atoms. The van der Waals surface area contributed by atoms with E-state index in [4.69, 9.17) is 4.74 Å². The molecular weight excluding hydrogens is 703 g/mol. The van der Waals surface area contributed by atoms with E-state index in [1.807, 2.05) is 13.8 Å². The van der Waals surface area contributed by atoms with Gasteiger partial charge >= 0.3 is 12.0 Å². The minimum absolute atomic E-state index is 0. The Morgan fingerprint density at radius 1 is 1.11 bits per heavy atom. The van der Waals surface area contributed by atoms with Crippen molar-refractivity contribution in [3.63, 3.8) is 0 Å². The largest absolute Gasteiger partial charge is 1.00 e. The standard InChI is InChI=1S/C29H34F2N9O4.HI/c1-20(2)4-11-27(41)44-19-36-17-33-37(18-36)15-29(43,25-10-5-22(30)14-26(25)31)21(3)38-12-13-39(28(38)42)23-6-8-24(9-7-23)40-16-32-34-35-40;/h5-10,14,16-18,20-21,43H,4,11-13,15,19H2,1-3H3;1H/q+1;/p-1/t21-,29-;/m1./s1. The highest BCUT2D eigenvalue weighted by Gasteiger charge is 2.47. The zero-order chi connectivity index (χ0) is 31.4. The molecule has 1 saturated heterocycles. The number of amides is 2. The van der Waals surface area contributed by atoms with Crippen LogP contribution in [0.2, 0.25) is 0 Å². The van der Waals surface area contributed by atoms with Crippen LogP contribution in [0.4, 0.5) is 19.3 Å². The molecule has 0 spiro atoms. The first-order valence-corrected chi connectivity index (χ1v) is 14.2. The van der Waals surface area contributed by atoms with Gasteiger partial charge in [-0.25, -0.2) is 22.8 Å². The number of rotatable bonds is 12. The fraction of sp³-hybridized carbons (Fsp3) is 0.414. The molecule has 13 nitrogen and oxygen atoms in total. The number of aliphatic hydroxyl groups is 1. The molecule has 1 fully saturated rings. The Hall–Kier alpha value is -4.06. The van der Waals surface area contributed by atoms with Crippen molar-refractivity contribution in [2.45, 2.75) is 58.5 Å². The molecule has 1 aliphatic heterocycles. The van der Waals surface area contributed by atoms with E-state index in [9.17, 15) is 19.1 Å². The van der Waals surface area contributed by atoms with Crippen molar-refractivity contribution in [1.29, 1.82) is 0 Å². The van der Waals surface area contributed by atoms with Crippen LogP contribution in [0.3, 0.4) is 0 Å². The van der Waals surface area contributed by atoms with E-state index < -0.39 is 29.3 Å². The van der Waals surface area contributed by atoms with Gasteiger partial charge in [0.1, 0.15) is 30.1 Å². The number of benzene rings is 2. The van der Waals surface area contributed by atoms with Gasteiger partial charge in [0.2, 0.25) is 13.1 Å². The quantitative estimate of drug-likeness (QED) is 0.118. The lowest BCUT2D eigenvalue weighted by molar-refractivity contribution is -0.728. The maximum absolute atomic E-state index is 15.2. The van der Waals surface area contributed by atoms with Crippen LogP contribution >= 0.6 is 0 Å². The number of hydrogen-bond acceptors (Lipinski definition) is 8. The van der Waals surface area contributed by atoms with Crippen LogP contribution in [0, 0.1) is 17.6 Å². The molecule has 3 heterocycles. The predicted octanol–water partition coefficient (Wildman–Crippen LogP) is -0.416. The Kier molecular flexibility index (Phi) is 10.8.